The number of halogens is 8. The number of alkyl halides is 6. The summed E-state index contributed by atoms with van der Waals surface area (Å²) in [6.45, 7) is -2.34. The van der Waals surface area contributed by atoms with E-state index in [1.165, 1.54) is 0 Å². The zero-order valence-corrected chi connectivity index (χ0v) is 7.24. The predicted octanol–water partition coefficient (Wildman–Crippen LogP) is 3.84. The molecule has 0 amide bonds. The summed E-state index contributed by atoms with van der Waals surface area (Å²) in [6, 6.07) is 0. The van der Waals surface area contributed by atoms with Crippen LogP contribution in [-0.2, 0) is 0 Å². The summed E-state index contributed by atoms with van der Waals surface area (Å²) in [5.74, 6) is -4.39. The summed E-state index contributed by atoms with van der Waals surface area (Å²) in [4.78, 5) is 0. The van der Waals surface area contributed by atoms with Gasteiger partial charge in [0.15, 0.2) is 6.67 Å². The lowest BCUT2D eigenvalue weighted by Crippen LogP contribution is -2.23. The topological polar surface area (TPSA) is 0 Å². The fraction of sp³-hybridized carbons (Fsp3) is 0.600. The SMILES string of the molecule is FCC(F)(F)C(Cl)=C(Cl)C(F)(F)F. The fourth-order valence-electron chi connectivity index (χ4n) is 0.344. The second-order valence-corrected chi connectivity index (χ2v) is 2.72. The maximum absolute atomic E-state index is 12.2. The van der Waals surface area contributed by atoms with Crippen molar-refractivity contribution in [2.24, 2.45) is 0 Å². The Labute approximate surface area is 79.1 Å². The molecule has 0 aliphatic rings. The van der Waals surface area contributed by atoms with Crippen molar-refractivity contribution in [3.8, 4) is 0 Å². The molecule has 78 valence electrons. The summed E-state index contributed by atoms with van der Waals surface area (Å²) in [6.07, 6.45) is -5.20. The molecule has 0 aliphatic heterocycles. The van der Waals surface area contributed by atoms with Gasteiger partial charge in [0.1, 0.15) is 10.1 Å². The van der Waals surface area contributed by atoms with Gasteiger partial charge in [0.05, 0.1) is 0 Å². The van der Waals surface area contributed by atoms with E-state index in [0.29, 0.717) is 0 Å². The normalized spacial score (nSPS) is 15.7. The third kappa shape index (κ3) is 3.27. The molecule has 0 unspecified atom stereocenters. The van der Waals surface area contributed by atoms with Gasteiger partial charge >= 0.3 is 12.1 Å². The summed E-state index contributed by atoms with van der Waals surface area (Å²) >= 11 is 8.99. The van der Waals surface area contributed by atoms with E-state index in [1.54, 1.807) is 0 Å². The third-order valence-electron chi connectivity index (χ3n) is 0.931. The van der Waals surface area contributed by atoms with E-state index in [9.17, 15) is 26.3 Å². The smallest absolute Gasteiger partial charge is 0.244 e. The van der Waals surface area contributed by atoms with Crippen LogP contribution in [0.4, 0.5) is 26.3 Å². The van der Waals surface area contributed by atoms with E-state index in [2.05, 4.69) is 23.2 Å². The van der Waals surface area contributed by atoms with Crippen LogP contribution in [0, 0.1) is 0 Å². The maximum atomic E-state index is 12.2. The van der Waals surface area contributed by atoms with E-state index >= 15 is 0 Å². The van der Waals surface area contributed by atoms with Gasteiger partial charge in [-0.2, -0.15) is 22.0 Å². The van der Waals surface area contributed by atoms with E-state index < -0.39 is 28.8 Å². The molecule has 0 aromatic carbocycles. The molecule has 0 rings (SSSR count). The second kappa shape index (κ2) is 3.96. The first-order valence-corrected chi connectivity index (χ1v) is 3.45. The molecule has 0 aromatic heterocycles. The minimum atomic E-state index is -5.20. The highest BCUT2D eigenvalue weighted by Gasteiger charge is 2.44. The maximum Gasteiger partial charge on any atom is 0.428 e. The van der Waals surface area contributed by atoms with Gasteiger partial charge in [-0.1, -0.05) is 23.2 Å². The van der Waals surface area contributed by atoms with Crippen molar-refractivity contribution in [3.63, 3.8) is 0 Å². The zero-order valence-electron chi connectivity index (χ0n) is 5.73. The van der Waals surface area contributed by atoms with Crippen LogP contribution in [0.1, 0.15) is 0 Å². The third-order valence-corrected chi connectivity index (χ3v) is 1.90. The number of hydrogen-bond donors (Lipinski definition) is 0. The van der Waals surface area contributed by atoms with Crippen LogP contribution in [0.3, 0.4) is 0 Å². The van der Waals surface area contributed by atoms with E-state index in [-0.39, 0.29) is 0 Å². The van der Waals surface area contributed by atoms with Crippen molar-refractivity contribution in [1.29, 1.82) is 0 Å². The molecule has 0 nitrogen and oxygen atoms in total. The fourth-order valence-corrected chi connectivity index (χ4v) is 0.640. The summed E-state index contributed by atoms with van der Waals surface area (Å²) in [5, 5.41) is -4.25. The number of rotatable bonds is 2. The highest BCUT2D eigenvalue weighted by molar-refractivity contribution is 6.40. The van der Waals surface area contributed by atoms with Crippen molar-refractivity contribution in [2.75, 3.05) is 6.67 Å². The Morgan fingerprint density at radius 1 is 0.923 bits per heavy atom. The Bertz CT molecular complexity index is 218. The molecule has 0 spiro atoms. The van der Waals surface area contributed by atoms with Gasteiger partial charge in [-0.25, -0.2) is 4.39 Å². The quantitative estimate of drug-likeness (QED) is 0.650. The van der Waals surface area contributed by atoms with Crippen LogP contribution in [0.15, 0.2) is 10.1 Å². The lowest BCUT2D eigenvalue weighted by atomic mass is 10.3. The minimum Gasteiger partial charge on any atom is -0.244 e. The first-order chi connectivity index (χ1) is 5.63. The van der Waals surface area contributed by atoms with Crippen LogP contribution < -0.4 is 0 Å². The lowest BCUT2D eigenvalue weighted by Gasteiger charge is -2.14. The van der Waals surface area contributed by atoms with Gasteiger partial charge in [-0.05, 0) is 0 Å². The monoisotopic (exact) mass is 246 g/mol. The van der Waals surface area contributed by atoms with Crippen molar-refractivity contribution >= 4 is 23.2 Å². The van der Waals surface area contributed by atoms with Crippen LogP contribution in [0.25, 0.3) is 0 Å². The Hall–Kier alpha value is -0.100. The lowest BCUT2D eigenvalue weighted by molar-refractivity contribution is -0.0880. The molecule has 0 fully saturated rings. The first kappa shape index (κ1) is 12.9. The minimum absolute atomic E-state index is 2.04. The Kier molecular flexibility index (Phi) is 3.93. The van der Waals surface area contributed by atoms with Gasteiger partial charge in [0, 0.05) is 0 Å². The molecule has 0 atom stereocenters. The number of hydrogen-bond acceptors (Lipinski definition) is 0. The van der Waals surface area contributed by atoms with Crippen molar-refractivity contribution < 1.29 is 26.3 Å². The van der Waals surface area contributed by atoms with Crippen molar-refractivity contribution in [3.05, 3.63) is 10.1 Å². The molecule has 0 bridgehead atoms. The number of allylic oxidation sites excluding steroid dienone is 2. The van der Waals surface area contributed by atoms with Crippen molar-refractivity contribution in [1.82, 2.24) is 0 Å². The molecule has 0 saturated heterocycles. The molecular formula is C5H2Cl2F6. The Balaban J connectivity index is 5.04. The molecule has 0 saturated carbocycles. The summed E-state index contributed by atoms with van der Waals surface area (Å²) in [7, 11) is 0. The van der Waals surface area contributed by atoms with Crippen LogP contribution >= 0.6 is 23.2 Å². The van der Waals surface area contributed by atoms with E-state index in [1.807, 2.05) is 0 Å². The van der Waals surface area contributed by atoms with Crippen LogP contribution in [0.5, 0.6) is 0 Å². The van der Waals surface area contributed by atoms with E-state index in [4.69, 9.17) is 0 Å². The van der Waals surface area contributed by atoms with Gasteiger partial charge in [0.25, 0.3) is 0 Å². The Morgan fingerprint density at radius 3 is 1.54 bits per heavy atom. The first-order valence-electron chi connectivity index (χ1n) is 2.69. The molecule has 0 aromatic rings. The Morgan fingerprint density at radius 2 is 1.31 bits per heavy atom. The van der Waals surface area contributed by atoms with Crippen molar-refractivity contribution in [2.45, 2.75) is 12.1 Å². The second-order valence-electron chi connectivity index (χ2n) is 1.96. The predicted molar refractivity (Wildman–Crippen MR) is 35.7 cm³/mol. The molecule has 13 heavy (non-hydrogen) atoms. The summed E-state index contributed by atoms with van der Waals surface area (Å²) in [5.41, 5.74) is 0. The molecule has 0 radical (unpaired) electrons. The standard InChI is InChI=1S/C5H2Cl2F6/c6-2(4(9,10)1-8)3(7)5(11,12)13/h1H2. The van der Waals surface area contributed by atoms with Crippen LogP contribution in [0.2, 0.25) is 0 Å². The van der Waals surface area contributed by atoms with E-state index in [0.717, 1.165) is 0 Å². The molecule has 0 aliphatic carbocycles. The average molecular weight is 247 g/mol. The van der Waals surface area contributed by atoms with Crippen LogP contribution in [-0.4, -0.2) is 18.8 Å². The molecular weight excluding hydrogens is 245 g/mol. The zero-order chi connectivity index (χ0) is 10.9. The van der Waals surface area contributed by atoms with Gasteiger partial charge in [-0.15, -0.1) is 0 Å². The largest absolute Gasteiger partial charge is 0.428 e. The molecule has 0 N–H and O–H groups in total. The van der Waals surface area contributed by atoms with Gasteiger partial charge in [0.2, 0.25) is 0 Å². The summed E-state index contributed by atoms with van der Waals surface area (Å²) < 4.78 is 70.7. The average Bonchev–Trinajstić information content (AvgIpc) is 2.00. The molecule has 8 heteroatoms. The van der Waals surface area contributed by atoms with Gasteiger partial charge in [-0.3, -0.25) is 0 Å². The highest BCUT2D eigenvalue weighted by Crippen LogP contribution is 2.39. The molecule has 0 heterocycles. The van der Waals surface area contributed by atoms with Gasteiger partial charge < -0.3 is 0 Å². The highest BCUT2D eigenvalue weighted by atomic mass is 35.5.